The van der Waals surface area contributed by atoms with Gasteiger partial charge >= 0.3 is 5.97 Å². The third-order valence-electron chi connectivity index (χ3n) is 4.13. The molecule has 5 N–H and O–H groups in total. The molecule has 0 aliphatic carbocycles. The van der Waals surface area contributed by atoms with Gasteiger partial charge in [0.1, 0.15) is 11.7 Å². The number of para-hydroxylation sites is 1. The lowest BCUT2D eigenvalue weighted by Gasteiger charge is -2.38. The summed E-state index contributed by atoms with van der Waals surface area (Å²) in [6.45, 7) is 0. The molecule has 1 aromatic heterocycles. The fraction of sp³-hybridized carbons (Fsp3) is 0.118. The summed E-state index contributed by atoms with van der Waals surface area (Å²) < 4.78 is 0. The highest BCUT2D eigenvalue weighted by atomic mass is 16.8. The van der Waals surface area contributed by atoms with Gasteiger partial charge in [0.05, 0.1) is 5.69 Å². The van der Waals surface area contributed by atoms with Crippen molar-refractivity contribution in [2.45, 2.75) is 12.5 Å². The van der Waals surface area contributed by atoms with E-state index >= 15 is 0 Å². The number of rotatable bonds is 7. The van der Waals surface area contributed by atoms with E-state index in [-0.39, 0.29) is 28.7 Å². The van der Waals surface area contributed by atoms with Crippen molar-refractivity contribution >= 4 is 33.9 Å². The van der Waals surface area contributed by atoms with E-state index in [1.807, 2.05) is 24.3 Å². The number of carboxylic acids is 1. The third kappa shape index (κ3) is 3.93. The zero-order valence-corrected chi connectivity index (χ0v) is 13.9. The molecular formula is C17H16N4O6-2. The molecule has 10 nitrogen and oxygen atoms in total. The molecule has 142 valence electrons. The number of aromatic amines is 1. The minimum atomic E-state index is -1.16. The van der Waals surface area contributed by atoms with Crippen LogP contribution in [0.3, 0.4) is 0 Å². The fourth-order valence-electron chi connectivity index (χ4n) is 2.83. The first-order chi connectivity index (χ1) is 12.9. The number of hydrogen-bond acceptors (Lipinski definition) is 8. The molecule has 3 aromatic rings. The maximum absolute atomic E-state index is 11.7. The quantitative estimate of drug-likeness (QED) is 0.393. The Hall–Kier alpha value is -3.31. The molecule has 10 heteroatoms. The van der Waals surface area contributed by atoms with Crippen LogP contribution in [0.15, 0.2) is 48.7 Å². The summed E-state index contributed by atoms with van der Waals surface area (Å²) in [7, 11) is 0. The fourth-order valence-corrected chi connectivity index (χ4v) is 2.83. The van der Waals surface area contributed by atoms with Gasteiger partial charge in [-0.1, -0.05) is 18.2 Å². The van der Waals surface area contributed by atoms with Crippen molar-refractivity contribution in [1.29, 1.82) is 0 Å². The lowest BCUT2D eigenvalue weighted by Crippen LogP contribution is -2.32. The van der Waals surface area contributed by atoms with Crippen LogP contribution in [0.2, 0.25) is 0 Å². The summed E-state index contributed by atoms with van der Waals surface area (Å²) in [6, 6.07) is 9.60. The summed E-state index contributed by atoms with van der Waals surface area (Å²) in [5, 5.41) is 52.5. The van der Waals surface area contributed by atoms with Crippen LogP contribution in [-0.2, 0) is 11.2 Å². The summed E-state index contributed by atoms with van der Waals surface area (Å²) in [5.41, 5.74) is 0.947. The number of aromatic nitrogens is 1. The molecule has 0 spiro atoms. The van der Waals surface area contributed by atoms with Gasteiger partial charge in [-0.3, -0.25) is 10.4 Å². The third-order valence-corrected chi connectivity index (χ3v) is 4.13. The zero-order valence-electron chi connectivity index (χ0n) is 13.9. The highest BCUT2D eigenvalue weighted by molar-refractivity contribution is 5.86. The van der Waals surface area contributed by atoms with E-state index in [1.165, 1.54) is 6.07 Å². The molecule has 0 aliphatic heterocycles. The number of carbonyl (C=O) groups is 1. The second-order valence-electron chi connectivity index (χ2n) is 5.85. The second kappa shape index (κ2) is 7.51. The molecule has 0 amide bonds. The average Bonchev–Trinajstić information content (AvgIpc) is 3.04. The minimum absolute atomic E-state index is 0.0258. The maximum Gasteiger partial charge on any atom is 0.326 e. The first kappa shape index (κ1) is 18.5. The van der Waals surface area contributed by atoms with Gasteiger partial charge in [0.15, 0.2) is 0 Å². The number of anilines is 3. The Labute approximate surface area is 152 Å². The first-order valence-electron chi connectivity index (χ1n) is 7.87. The normalized spacial score (nSPS) is 12.0. The lowest BCUT2D eigenvalue weighted by molar-refractivity contribution is -0.137. The number of benzene rings is 2. The van der Waals surface area contributed by atoms with Crippen LogP contribution in [-0.4, -0.2) is 32.5 Å². The van der Waals surface area contributed by atoms with Crippen molar-refractivity contribution in [3.05, 3.63) is 64.6 Å². The van der Waals surface area contributed by atoms with E-state index in [0.29, 0.717) is 0 Å². The maximum atomic E-state index is 11.7. The molecule has 0 saturated carbocycles. The van der Waals surface area contributed by atoms with Gasteiger partial charge in [-0.15, -0.1) is 5.23 Å². The van der Waals surface area contributed by atoms with Crippen molar-refractivity contribution in [2.24, 2.45) is 0 Å². The number of fused-ring (bicyclic) bond motifs is 1. The number of carboxylic acid groups (broad SMARTS) is 1. The van der Waals surface area contributed by atoms with Gasteiger partial charge in [-0.25, -0.2) is 4.79 Å². The summed E-state index contributed by atoms with van der Waals surface area (Å²) >= 11 is 0. The van der Waals surface area contributed by atoms with Crippen LogP contribution in [0, 0.1) is 10.4 Å². The number of aliphatic carboxylic acids is 1. The molecule has 0 fully saturated rings. The molecule has 3 rings (SSSR count). The Morgan fingerprint density at radius 2 is 1.93 bits per heavy atom. The van der Waals surface area contributed by atoms with Gasteiger partial charge in [-0.2, -0.15) is 0 Å². The topological polar surface area (TPSA) is 158 Å². The predicted octanol–water partition coefficient (Wildman–Crippen LogP) is 2.66. The molecule has 2 aromatic carbocycles. The smallest absolute Gasteiger partial charge is 0.326 e. The van der Waals surface area contributed by atoms with Crippen LogP contribution in [0.25, 0.3) is 10.9 Å². The summed E-state index contributed by atoms with van der Waals surface area (Å²) in [5.74, 6) is -1.16. The number of H-pyrrole nitrogens is 1. The molecule has 0 saturated heterocycles. The molecule has 0 unspecified atom stereocenters. The predicted molar refractivity (Wildman–Crippen MR) is 98.8 cm³/mol. The Bertz CT molecular complexity index is 956. The van der Waals surface area contributed by atoms with E-state index in [9.17, 15) is 30.7 Å². The van der Waals surface area contributed by atoms with E-state index in [4.69, 9.17) is 0 Å². The van der Waals surface area contributed by atoms with Crippen LogP contribution in [0.5, 0.6) is 0 Å². The molecule has 0 radical (unpaired) electrons. The van der Waals surface area contributed by atoms with Gasteiger partial charge in [0, 0.05) is 29.2 Å². The SMILES string of the molecule is O=C(O)[C@H](Cc1c[nH]c2ccccc12)Nc1ccc(N([O-])[O-])cc1N(O)O. The van der Waals surface area contributed by atoms with Crippen molar-refractivity contribution in [3.8, 4) is 0 Å². The number of hydrogen-bond donors (Lipinski definition) is 5. The Morgan fingerprint density at radius 1 is 1.19 bits per heavy atom. The summed E-state index contributed by atoms with van der Waals surface area (Å²) in [4.78, 5) is 14.8. The van der Waals surface area contributed by atoms with E-state index < -0.39 is 17.2 Å². The highest BCUT2D eigenvalue weighted by Gasteiger charge is 2.22. The van der Waals surface area contributed by atoms with Crippen LogP contribution < -0.4 is 15.8 Å². The molecule has 1 atom stereocenters. The lowest BCUT2D eigenvalue weighted by atomic mass is 10.0. The van der Waals surface area contributed by atoms with Crippen LogP contribution >= 0.6 is 0 Å². The van der Waals surface area contributed by atoms with Crippen LogP contribution in [0.4, 0.5) is 17.1 Å². The van der Waals surface area contributed by atoms with Crippen molar-refractivity contribution in [2.75, 3.05) is 15.8 Å². The monoisotopic (exact) mass is 372 g/mol. The Kier molecular flexibility index (Phi) is 5.14. The Balaban J connectivity index is 1.90. The average molecular weight is 372 g/mol. The molecule has 0 aliphatic rings. The number of nitrogens with one attached hydrogen (secondary N) is 2. The molecule has 0 bridgehead atoms. The molecule has 27 heavy (non-hydrogen) atoms. The second-order valence-corrected chi connectivity index (χ2v) is 5.85. The van der Waals surface area contributed by atoms with E-state index in [2.05, 4.69) is 10.3 Å². The van der Waals surface area contributed by atoms with Gasteiger partial charge < -0.3 is 31.0 Å². The highest BCUT2D eigenvalue weighted by Crippen LogP contribution is 2.30. The molecule has 1 heterocycles. The molecular weight excluding hydrogens is 356 g/mol. The van der Waals surface area contributed by atoms with Crippen molar-refractivity contribution in [3.63, 3.8) is 0 Å². The van der Waals surface area contributed by atoms with Gasteiger partial charge in [0.2, 0.25) is 0 Å². The van der Waals surface area contributed by atoms with E-state index in [1.54, 1.807) is 6.20 Å². The van der Waals surface area contributed by atoms with Gasteiger partial charge in [-0.05, 0) is 29.8 Å². The minimum Gasteiger partial charge on any atom is -0.769 e. The van der Waals surface area contributed by atoms with Gasteiger partial charge in [0.25, 0.3) is 0 Å². The largest absolute Gasteiger partial charge is 0.769 e. The zero-order chi connectivity index (χ0) is 19.6. The summed E-state index contributed by atoms with van der Waals surface area (Å²) in [6.07, 6.45) is 1.82. The van der Waals surface area contributed by atoms with Crippen molar-refractivity contribution < 1.29 is 20.3 Å². The first-order valence-corrected chi connectivity index (χ1v) is 7.87. The van der Waals surface area contributed by atoms with E-state index in [0.717, 1.165) is 28.6 Å². The Morgan fingerprint density at radius 3 is 2.59 bits per heavy atom. The van der Waals surface area contributed by atoms with Crippen molar-refractivity contribution in [1.82, 2.24) is 4.98 Å². The number of nitrogens with zero attached hydrogens (tertiary/aromatic N) is 2. The van der Waals surface area contributed by atoms with Crippen LogP contribution in [0.1, 0.15) is 5.56 Å². The standard InChI is InChI=1S/C17H16N4O6/c22-17(23)15(7-10-9-18-13-4-2-1-3-12(10)13)19-14-6-5-11(20(24)25)8-16(14)21(26)27/h1-6,8-9,15,18-19,26-27H,7H2,(H,22,23)/q-2/t15-/m0/s1.